The Morgan fingerprint density at radius 3 is 2.32 bits per heavy atom. The van der Waals surface area contributed by atoms with Crippen molar-refractivity contribution in [1.29, 1.82) is 0 Å². The number of likely N-dealkylation sites (N-methyl/N-ethyl adjacent to an activating group) is 1. The minimum atomic E-state index is -0.552. The van der Waals surface area contributed by atoms with E-state index in [0.717, 1.165) is 42.6 Å². The maximum atomic E-state index is 12.9. The number of amides is 2. The molecule has 0 radical (unpaired) electrons. The molecule has 34 heavy (non-hydrogen) atoms. The van der Waals surface area contributed by atoms with Crippen LogP contribution in [-0.2, 0) is 14.3 Å². The van der Waals surface area contributed by atoms with Gasteiger partial charge in [-0.2, -0.15) is 0 Å². The van der Waals surface area contributed by atoms with Crippen LogP contribution in [0.3, 0.4) is 0 Å². The molecule has 6 nitrogen and oxygen atoms in total. The zero-order chi connectivity index (χ0) is 24.3. The van der Waals surface area contributed by atoms with Gasteiger partial charge in [-0.05, 0) is 82.3 Å². The van der Waals surface area contributed by atoms with Gasteiger partial charge in [0.05, 0.1) is 11.3 Å². The van der Waals surface area contributed by atoms with Crippen LogP contribution in [0.15, 0.2) is 41.3 Å². The first-order valence-corrected chi connectivity index (χ1v) is 13.4. The highest BCUT2D eigenvalue weighted by Crippen LogP contribution is 2.55. The number of rotatable bonds is 10. The maximum absolute atomic E-state index is 12.9. The summed E-state index contributed by atoms with van der Waals surface area (Å²) in [6, 6.07) is 7.10. The Balaban J connectivity index is 1.31. The standard InChI is InChI=1S/C27H36N2O4S/c1-4-29(15-18(2)3)25(31)16-33-26(32)22-7-5-6-8-23(22)34-17-24(30)28-27-12-19-9-20(13-27)11-21(10-19)14-27/h5-8,19-21H,2,4,9-17H2,1,3H3,(H,28,30). The van der Waals surface area contributed by atoms with Crippen LogP contribution < -0.4 is 5.32 Å². The summed E-state index contributed by atoms with van der Waals surface area (Å²) >= 11 is 1.35. The van der Waals surface area contributed by atoms with Crippen molar-refractivity contribution < 1.29 is 19.1 Å². The van der Waals surface area contributed by atoms with E-state index in [4.69, 9.17) is 4.74 Å². The summed E-state index contributed by atoms with van der Waals surface area (Å²) in [6.07, 6.45) is 7.37. The summed E-state index contributed by atoms with van der Waals surface area (Å²) < 4.78 is 5.32. The maximum Gasteiger partial charge on any atom is 0.339 e. The number of hydrogen-bond acceptors (Lipinski definition) is 5. The van der Waals surface area contributed by atoms with Crippen molar-refractivity contribution in [1.82, 2.24) is 10.2 Å². The van der Waals surface area contributed by atoms with Gasteiger partial charge in [0.1, 0.15) is 0 Å². The summed E-state index contributed by atoms with van der Waals surface area (Å²) in [4.78, 5) is 40.3. The Labute approximate surface area is 206 Å². The molecular formula is C27H36N2O4S. The van der Waals surface area contributed by atoms with Crippen molar-refractivity contribution in [2.24, 2.45) is 17.8 Å². The van der Waals surface area contributed by atoms with E-state index >= 15 is 0 Å². The van der Waals surface area contributed by atoms with Gasteiger partial charge >= 0.3 is 5.97 Å². The van der Waals surface area contributed by atoms with Gasteiger partial charge in [-0.25, -0.2) is 4.79 Å². The number of hydrogen-bond donors (Lipinski definition) is 1. The van der Waals surface area contributed by atoms with E-state index in [1.807, 2.05) is 26.0 Å². The van der Waals surface area contributed by atoms with Crippen molar-refractivity contribution in [3.63, 3.8) is 0 Å². The molecule has 0 aromatic heterocycles. The van der Waals surface area contributed by atoms with Crippen LogP contribution in [0.25, 0.3) is 0 Å². The molecule has 1 aromatic carbocycles. The fourth-order valence-corrected chi connectivity index (χ4v) is 7.34. The Hall–Kier alpha value is -2.28. The minimum absolute atomic E-state index is 0.0137. The number of thioether (sulfide) groups is 1. The number of nitrogens with one attached hydrogen (secondary N) is 1. The molecule has 2 amide bonds. The lowest BCUT2D eigenvalue weighted by Gasteiger charge is -2.56. The highest BCUT2D eigenvalue weighted by Gasteiger charge is 2.51. The molecule has 0 heterocycles. The van der Waals surface area contributed by atoms with Gasteiger partial charge in [0, 0.05) is 23.5 Å². The third-order valence-corrected chi connectivity index (χ3v) is 8.50. The molecule has 1 N–H and O–H groups in total. The van der Waals surface area contributed by atoms with Gasteiger partial charge < -0.3 is 15.0 Å². The monoisotopic (exact) mass is 484 g/mol. The number of esters is 1. The summed E-state index contributed by atoms with van der Waals surface area (Å²) in [5, 5.41) is 3.38. The molecule has 4 saturated carbocycles. The van der Waals surface area contributed by atoms with Gasteiger partial charge in [0.15, 0.2) is 6.61 Å². The predicted octanol–water partition coefficient (Wildman–Crippen LogP) is 4.45. The van der Waals surface area contributed by atoms with E-state index in [1.54, 1.807) is 17.0 Å². The topological polar surface area (TPSA) is 75.7 Å². The summed E-state index contributed by atoms with van der Waals surface area (Å²) in [6.45, 7) is 8.22. The molecule has 0 saturated heterocycles. The third-order valence-electron chi connectivity index (χ3n) is 7.43. The Bertz CT molecular complexity index is 924. The summed E-state index contributed by atoms with van der Waals surface area (Å²) in [5.41, 5.74) is 1.24. The zero-order valence-corrected chi connectivity index (χ0v) is 21.1. The number of carbonyl (C=O) groups excluding carboxylic acids is 3. The normalized spacial score (nSPS) is 26.7. The third kappa shape index (κ3) is 5.85. The average molecular weight is 485 g/mol. The van der Waals surface area contributed by atoms with Gasteiger partial charge in [0.2, 0.25) is 5.91 Å². The summed E-state index contributed by atoms with van der Waals surface area (Å²) in [7, 11) is 0. The van der Waals surface area contributed by atoms with Crippen LogP contribution in [0, 0.1) is 17.8 Å². The lowest BCUT2D eigenvalue weighted by Crippen LogP contribution is -2.60. The van der Waals surface area contributed by atoms with Crippen molar-refractivity contribution in [3.8, 4) is 0 Å². The molecular weight excluding hydrogens is 448 g/mol. The van der Waals surface area contributed by atoms with Crippen LogP contribution in [0.5, 0.6) is 0 Å². The predicted molar refractivity (Wildman–Crippen MR) is 134 cm³/mol. The van der Waals surface area contributed by atoms with Crippen LogP contribution >= 0.6 is 11.8 Å². The fourth-order valence-electron chi connectivity index (χ4n) is 6.50. The molecule has 4 fully saturated rings. The zero-order valence-electron chi connectivity index (χ0n) is 20.3. The van der Waals surface area contributed by atoms with Crippen LogP contribution in [-0.4, -0.2) is 53.7 Å². The Morgan fingerprint density at radius 2 is 1.74 bits per heavy atom. The van der Waals surface area contributed by atoms with Gasteiger partial charge in [-0.3, -0.25) is 9.59 Å². The van der Waals surface area contributed by atoms with Crippen molar-refractivity contribution >= 4 is 29.5 Å². The lowest BCUT2D eigenvalue weighted by atomic mass is 9.53. The van der Waals surface area contributed by atoms with Gasteiger partial charge in [-0.1, -0.05) is 24.3 Å². The first kappa shape index (κ1) is 24.8. The first-order valence-electron chi connectivity index (χ1n) is 12.4. The molecule has 184 valence electrons. The second kappa shape index (κ2) is 10.5. The number of ether oxygens (including phenoxy) is 1. The average Bonchev–Trinajstić information content (AvgIpc) is 2.78. The van der Waals surface area contributed by atoms with Crippen LogP contribution in [0.4, 0.5) is 0 Å². The van der Waals surface area contributed by atoms with Crippen LogP contribution in [0.1, 0.15) is 62.7 Å². The molecule has 0 atom stereocenters. The molecule has 1 aromatic rings. The fraction of sp³-hybridized carbons (Fsp3) is 0.593. The highest BCUT2D eigenvalue weighted by molar-refractivity contribution is 8.00. The molecule has 4 bridgehead atoms. The first-order chi connectivity index (χ1) is 16.3. The molecule has 4 aliphatic carbocycles. The molecule has 0 spiro atoms. The lowest BCUT2D eigenvalue weighted by molar-refractivity contribution is -0.134. The smallest absolute Gasteiger partial charge is 0.339 e. The number of benzene rings is 1. The van der Waals surface area contributed by atoms with E-state index in [2.05, 4.69) is 11.9 Å². The Morgan fingerprint density at radius 1 is 1.12 bits per heavy atom. The Kier molecular flexibility index (Phi) is 7.70. The van der Waals surface area contributed by atoms with Crippen molar-refractivity contribution in [3.05, 3.63) is 42.0 Å². The molecule has 0 aliphatic heterocycles. The highest BCUT2D eigenvalue weighted by atomic mass is 32.2. The molecule has 0 unspecified atom stereocenters. The van der Waals surface area contributed by atoms with E-state index in [-0.39, 0.29) is 29.7 Å². The molecule has 7 heteroatoms. The SMILES string of the molecule is C=C(C)CN(CC)C(=O)COC(=O)c1ccccc1SCC(=O)NC12CC3CC(CC(C3)C1)C2. The second-order valence-corrected chi connectivity index (χ2v) is 11.5. The summed E-state index contributed by atoms with van der Waals surface area (Å²) in [5.74, 6) is 1.81. The van der Waals surface area contributed by atoms with E-state index in [9.17, 15) is 14.4 Å². The quantitative estimate of drug-likeness (QED) is 0.302. The number of carbonyl (C=O) groups is 3. The minimum Gasteiger partial charge on any atom is -0.452 e. The van der Waals surface area contributed by atoms with Crippen molar-refractivity contribution in [2.75, 3.05) is 25.4 Å². The second-order valence-electron chi connectivity index (χ2n) is 10.5. The largest absolute Gasteiger partial charge is 0.452 e. The van der Waals surface area contributed by atoms with Gasteiger partial charge in [-0.15, -0.1) is 11.8 Å². The number of nitrogens with zero attached hydrogens (tertiary/aromatic N) is 1. The van der Waals surface area contributed by atoms with Crippen LogP contribution in [0.2, 0.25) is 0 Å². The molecule has 4 aliphatic rings. The van der Waals surface area contributed by atoms with Gasteiger partial charge in [0.25, 0.3) is 5.91 Å². The molecule has 5 rings (SSSR count). The van der Waals surface area contributed by atoms with E-state index < -0.39 is 5.97 Å². The van der Waals surface area contributed by atoms with E-state index in [1.165, 1.54) is 31.0 Å². The van der Waals surface area contributed by atoms with Crippen molar-refractivity contribution in [2.45, 2.75) is 62.8 Å². The van der Waals surface area contributed by atoms with E-state index in [0.29, 0.717) is 23.5 Å².